The molecule has 3 aromatic rings. The Morgan fingerprint density at radius 3 is 2.71 bits per heavy atom. The van der Waals surface area contributed by atoms with E-state index in [1.54, 1.807) is 6.07 Å². The molecule has 0 radical (unpaired) electrons. The minimum atomic E-state index is 0. The third-order valence-corrected chi connectivity index (χ3v) is 4.62. The number of rotatable bonds is 5. The molecule has 7 heteroatoms. The largest absolute Gasteiger partial charge is 0.490 e. The molecule has 0 N–H and O–H groups in total. The first-order chi connectivity index (χ1) is 11.1. The first-order valence-electron chi connectivity index (χ1n) is 7.26. The smallest absolute Gasteiger partial charge is 0.181 e. The molecule has 0 saturated carbocycles. The van der Waals surface area contributed by atoms with Gasteiger partial charge in [0.2, 0.25) is 0 Å². The van der Waals surface area contributed by atoms with Gasteiger partial charge in [0.25, 0.3) is 0 Å². The number of halogens is 4. The number of ether oxygens (including phenoxy) is 1. The zero-order valence-corrected chi connectivity index (χ0v) is 16.0. The third kappa shape index (κ3) is 4.09. The zero-order valence-electron chi connectivity index (χ0n) is 12.9. The van der Waals surface area contributed by atoms with Crippen molar-refractivity contribution in [2.45, 2.75) is 19.8 Å². The number of fused-ring (bicyclic) bond motifs is 1. The Kier molecular flexibility index (Phi) is 6.64. The van der Waals surface area contributed by atoms with E-state index in [0.717, 1.165) is 35.5 Å². The minimum Gasteiger partial charge on any atom is -0.490 e. The topological polar surface area (TPSA) is 26.5 Å². The van der Waals surface area contributed by atoms with Gasteiger partial charge in [-0.05, 0) is 49.6 Å². The summed E-state index contributed by atoms with van der Waals surface area (Å²) >= 11 is 18.3. The SMILES string of the molecule is Cc1nc2c(OCCCc3ccc(Cl)cc3Cl)cccn2c1Cl.Cl. The van der Waals surface area contributed by atoms with Gasteiger partial charge in [-0.15, -0.1) is 12.4 Å². The van der Waals surface area contributed by atoms with Gasteiger partial charge in [-0.3, -0.25) is 4.40 Å². The number of hydrogen-bond acceptors (Lipinski definition) is 2. The van der Waals surface area contributed by atoms with Gasteiger partial charge < -0.3 is 4.74 Å². The van der Waals surface area contributed by atoms with Crippen LogP contribution in [0, 0.1) is 6.92 Å². The first kappa shape index (κ1) is 19.2. The normalized spacial score (nSPS) is 10.7. The Balaban J connectivity index is 0.00000208. The van der Waals surface area contributed by atoms with Crippen LogP contribution in [-0.4, -0.2) is 16.0 Å². The quantitative estimate of drug-likeness (QED) is 0.484. The Labute approximate surface area is 161 Å². The molecule has 3 rings (SSSR count). The lowest BCUT2D eigenvalue weighted by molar-refractivity contribution is 0.313. The van der Waals surface area contributed by atoms with Crippen LogP contribution in [0.3, 0.4) is 0 Å². The van der Waals surface area contributed by atoms with Gasteiger partial charge in [-0.1, -0.05) is 40.9 Å². The average Bonchev–Trinajstić information content (AvgIpc) is 2.82. The van der Waals surface area contributed by atoms with E-state index in [9.17, 15) is 0 Å². The maximum atomic E-state index is 6.20. The lowest BCUT2D eigenvalue weighted by atomic mass is 10.1. The Bertz CT molecular complexity index is 848. The first-order valence-corrected chi connectivity index (χ1v) is 8.39. The summed E-state index contributed by atoms with van der Waals surface area (Å²) in [6.07, 6.45) is 3.54. The van der Waals surface area contributed by atoms with Gasteiger partial charge in [-0.25, -0.2) is 4.98 Å². The number of hydrogen-bond donors (Lipinski definition) is 0. The molecule has 0 bridgehead atoms. The molecule has 2 aromatic heterocycles. The molecule has 0 fully saturated rings. The van der Waals surface area contributed by atoms with Gasteiger partial charge in [0.05, 0.1) is 12.3 Å². The van der Waals surface area contributed by atoms with Crippen molar-refractivity contribution in [2.75, 3.05) is 6.61 Å². The molecule has 0 aliphatic heterocycles. The number of imidazole rings is 1. The Hall–Kier alpha value is -1.13. The van der Waals surface area contributed by atoms with Crippen LogP contribution in [0.4, 0.5) is 0 Å². The molecule has 24 heavy (non-hydrogen) atoms. The fraction of sp³-hybridized carbons (Fsp3) is 0.235. The highest BCUT2D eigenvalue weighted by molar-refractivity contribution is 6.35. The molecule has 1 aromatic carbocycles. The number of nitrogens with zero attached hydrogens (tertiary/aromatic N) is 2. The molecule has 0 aliphatic rings. The highest BCUT2D eigenvalue weighted by atomic mass is 35.5. The zero-order chi connectivity index (χ0) is 16.4. The van der Waals surface area contributed by atoms with E-state index in [0.29, 0.717) is 21.8 Å². The summed E-state index contributed by atoms with van der Waals surface area (Å²) < 4.78 is 7.68. The molecule has 0 spiro atoms. The Morgan fingerprint density at radius 2 is 1.96 bits per heavy atom. The van der Waals surface area contributed by atoms with Gasteiger partial charge in [0, 0.05) is 16.2 Å². The monoisotopic (exact) mass is 404 g/mol. The van der Waals surface area contributed by atoms with Crippen molar-refractivity contribution < 1.29 is 4.74 Å². The summed E-state index contributed by atoms with van der Waals surface area (Å²) in [5, 5.41) is 1.95. The second-order valence-corrected chi connectivity index (χ2v) is 6.44. The average molecular weight is 406 g/mol. The second-order valence-electron chi connectivity index (χ2n) is 5.24. The summed E-state index contributed by atoms with van der Waals surface area (Å²) in [5.41, 5.74) is 2.59. The van der Waals surface area contributed by atoms with Crippen LogP contribution in [-0.2, 0) is 6.42 Å². The highest BCUT2D eigenvalue weighted by Crippen LogP contribution is 2.25. The van der Waals surface area contributed by atoms with Crippen molar-refractivity contribution in [3.63, 3.8) is 0 Å². The predicted molar refractivity (Wildman–Crippen MR) is 102 cm³/mol. The highest BCUT2D eigenvalue weighted by Gasteiger charge is 2.10. The van der Waals surface area contributed by atoms with Crippen molar-refractivity contribution in [1.29, 1.82) is 0 Å². The summed E-state index contributed by atoms with van der Waals surface area (Å²) in [6.45, 7) is 2.45. The maximum absolute atomic E-state index is 6.20. The Morgan fingerprint density at radius 1 is 1.17 bits per heavy atom. The summed E-state index contributed by atoms with van der Waals surface area (Å²) in [7, 11) is 0. The van der Waals surface area contributed by atoms with Gasteiger partial charge in [0.1, 0.15) is 5.15 Å². The molecule has 2 heterocycles. The molecule has 0 aliphatic carbocycles. The number of pyridine rings is 1. The number of aryl methyl sites for hydroxylation is 2. The van der Waals surface area contributed by atoms with E-state index in [-0.39, 0.29) is 12.4 Å². The van der Waals surface area contributed by atoms with Crippen LogP contribution < -0.4 is 4.74 Å². The van der Waals surface area contributed by atoms with Crippen LogP contribution in [0.5, 0.6) is 5.75 Å². The molecular formula is C17H16Cl4N2O. The fourth-order valence-corrected chi connectivity index (χ4v) is 3.09. The lowest BCUT2D eigenvalue weighted by Crippen LogP contribution is -2.01. The summed E-state index contributed by atoms with van der Waals surface area (Å²) in [6, 6.07) is 9.34. The fourth-order valence-electron chi connectivity index (χ4n) is 2.41. The maximum Gasteiger partial charge on any atom is 0.181 e. The van der Waals surface area contributed by atoms with Gasteiger partial charge in [0.15, 0.2) is 11.4 Å². The molecule has 0 atom stereocenters. The molecule has 0 unspecified atom stereocenters. The van der Waals surface area contributed by atoms with Crippen LogP contribution in [0.15, 0.2) is 36.5 Å². The van der Waals surface area contributed by atoms with E-state index in [2.05, 4.69) is 4.98 Å². The standard InChI is InChI=1S/C17H15Cl3N2O.ClH/c1-11-16(20)22-8-2-5-15(17(22)21-11)23-9-3-4-12-6-7-13(18)10-14(12)19;/h2,5-8,10H,3-4,9H2,1H3;1H. The number of benzene rings is 1. The van der Waals surface area contributed by atoms with E-state index in [1.807, 2.05) is 41.8 Å². The van der Waals surface area contributed by atoms with Crippen molar-refractivity contribution in [2.24, 2.45) is 0 Å². The van der Waals surface area contributed by atoms with E-state index in [1.165, 1.54) is 0 Å². The predicted octanol–water partition coefficient (Wildman–Crippen LogP) is 6.04. The van der Waals surface area contributed by atoms with E-state index >= 15 is 0 Å². The summed E-state index contributed by atoms with van der Waals surface area (Å²) in [5.74, 6) is 0.727. The van der Waals surface area contributed by atoms with Crippen molar-refractivity contribution in [3.8, 4) is 5.75 Å². The van der Waals surface area contributed by atoms with Crippen LogP contribution in [0.2, 0.25) is 15.2 Å². The lowest BCUT2D eigenvalue weighted by Gasteiger charge is -2.08. The van der Waals surface area contributed by atoms with Crippen LogP contribution in [0.1, 0.15) is 17.7 Å². The van der Waals surface area contributed by atoms with E-state index < -0.39 is 0 Å². The second kappa shape index (κ2) is 8.30. The minimum absolute atomic E-state index is 0. The van der Waals surface area contributed by atoms with Gasteiger partial charge >= 0.3 is 0 Å². The van der Waals surface area contributed by atoms with Crippen LogP contribution >= 0.6 is 47.2 Å². The molecule has 3 nitrogen and oxygen atoms in total. The van der Waals surface area contributed by atoms with Gasteiger partial charge in [-0.2, -0.15) is 0 Å². The third-order valence-electron chi connectivity index (χ3n) is 3.58. The van der Waals surface area contributed by atoms with Crippen LogP contribution in [0.25, 0.3) is 5.65 Å². The molecular weight excluding hydrogens is 390 g/mol. The van der Waals surface area contributed by atoms with Crippen molar-refractivity contribution in [1.82, 2.24) is 9.38 Å². The summed E-state index contributed by atoms with van der Waals surface area (Å²) in [4.78, 5) is 4.44. The van der Waals surface area contributed by atoms with Crippen molar-refractivity contribution >= 4 is 52.9 Å². The van der Waals surface area contributed by atoms with Crippen molar-refractivity contribution in [3.05, 3.63) is 63.0 Å². The number of aromatic nitrogens is 2. The van der Waals surface area contributed by atoms with E-state index in [4.69, 9.17) is 39.5 Å². The molecule has 0 amide bonds. The molecule has 128 valence electrons. The molecule has 0 saturated heterocycles.